The Morgan fingerprint density at radius 3 is 2.38 bits per heavy atom. The van der Waals surface area contributed by atoms with Crippen molar-refractivity contribution in [2.24, 2.45) is 0 Å². The average molecular weight is 213 g/mol. The average Bonchev–Trinajstić information content (AvgIpc) is 2.38. The van der Waals surface area contributed by atoms with E-state index in [2.05, 4.69) is 0 Å². The van der Waals surface area contributed by atoms with Crippen LogP contribution in [-0.2, 0) is 6.61 Å². The van der Waals surface area contributed by atoms with Crippen LogP contribution in [0.4, 0.5) is 0 Å². The monoisotopic (exact) mass is 213 g/mol. The standard InChI is InChI=1S/C14H13O2/c15-10-13-8-4-5-9-14(13)16-11-12-6-2-1-3-7-12/h1-9,11,15H,10H2. The van der Waals surface area contributed by atoms with Crippen LogP contribution in [0.1, 0.15) is 11.1 Å². The minimum atomic E-state index is -0.0151. The summed E-state index contributed by atoms with van der Waals surface area (Å²) in [5.41, 5.74) is 1.78. The highest BCUT2D eigenvalue weighted by Crippen LogP contribution is 2.19. The van der Waals surface area contributed by atoms with Crippen molar-refractivity contribution in [2.45, 2.75) is 6.61 Å². The van der Waals surface area contributed by atoms with Crippen LogP contribution in [0.25, 0.3) is 0 Å². The molecule has 0 saturated heterocycles. The molecule has 0 spiro atoms. The van der Waals surface area contributed by atoms with Crippen molar-refractivity contribution in [3.8, 4) is 5.75 Å². The topological polar surface area (TPSA) is 29.5 Å². The van der Waals surface area contributed by atoms with E-state index in [0.29, 0.717) is 5.75 Å². The van der Waals surface area contributed by atoms with Gasteiger partial charge in [-0.15, -0.1) is 0 Å². The Hall–Kier alpha value is -1.80. The largest absolute Gasteiger partial charge is 0.481 e. The van der Waals surface area contributed by atoms with Crippen LogP contribution in [0.2, 0.25) is 0 Å². The maximum absolute atomic E-state index is 9.12. The second kappa shape index (κ2) is 5.33. The number of ether oxygens (including phenoxy) is 1. The third-order valence-electron chi connectivity index (χ3n) is 2.26. The summed E-state index contributed by atoms with van der Waals surface area (Å²) in [6, 6.07) is 17.2. The van der Waals surface area contributed by atoms with E-state index in [1.165, 1.54) is 0 Å². The first kappa shape index (κ1) is 10.7. The van der Waals surface area contributed by atoms with Crippen LogP contribution in [0.15, 0.2) is 54.6 Å². The fourth-order valence-corrected chi connectivity index (χ4v) is 1.41. The maximum atomic E-state index is 9.12. The Kier molecular flexibility index (Phi) is 3.57. The molecular weight excluding hydrogens is 200 g/mol. The molecule has 0 saturated carbocycles. The van der Waals surface area contributed by atoms with Crippen molar-refractivity contribution in [1.29, 1.82) is 0 Å². The Balaban J connectivity index is 2.05. The van der Waals surface area contributed by atoms with Gasteiger partial charge in [0.05, 0.1) is 6.61 Å². The molecule has 2 aromatic rings. The highest BCUT2D eigenvalue weighted by Gasteiger charge is 2.01. The van der Waals surface area contributed by atoms with E-state index >= 15 is 0 Å². The molecule has 0 aliphatic heterocycles. The smallest absolute Gasteiger partial charge is 0.165 e. The van der Waals surface area contributed by atoms with Gasteiger partial charge in [-0.1, -0.05) is 48.5 Å². The summed E-state index contributed by atoms with van der Waals surface area (Å²) < 4.78 is 5.53. The highest BCUT2D eigenvalue weighted by atomic mass is 16.5. The van der Waals surface area contributed by atoms with Gasteiger partial charge in [-0.05, 0) is 11.6 Å². The van der Waals surface area contributed by atoms with Gasteiger partial charge in [0, 0.05) is 5.56 Å². The lowest BCUT2D eigenvalue weighted by atomic mass is 10.2. The number of benzene rings is 2. The fraction of sp³-hybridized carbons (Fsp3) is 0.0714. The van der Waals surface area contributed by atoms with E-state index in [1.54, 1.807) is 6.61 Å². The van der Waals surface area contributed by atoms with Crippen LogP contribution >= 0.6 is 0 Å². The fourth-order valence-electron chi connectivity index (χ4n) is 1.41. The molecule has 0 aromatic heterocycles. The van der Waals surface area contributed by atoms with E-state index in [4.69, 9.17) is 9.84 Å². The van der Waals surface area contributed by atoms with E-state index < -0.39 is 0 Å². The number of para-hydroxylation sites is 1. The van der Waals surface area contributed by atoms with Crippen molar-refractivity contribution in [3.05, 3.63) is 72.3 Å². The lowest BCUT2D eigenvalue weighted by Crippen LogP contribution is -1.95. The Morgan fingerprint density at radius 1 is 0.938 bits per heavy atom. The van der Waals surface area contributed by atoms with Gasteiger partial charge in [0.2, 0.25) is 0 Å². The third-order valence-corrected chi connectivity index (χ3v) is 2.26. The molecule has 16 heavy (non-hydrogen) atoms. The van der Waals surface area contributed by atoms with E-state index in [-0.39, 0.29) is 6.61 Å². The molecule has 0 atom stereocenters. The number of rotatable bonds is 4. The van der Waals surface area contributed by atoms with Crippen molar-refractivity contribution in [1.82, 2.24) is 0 Å². The Morgan fingerprint density at radius 2 is 1.62 bits per heavy atom. The summed E-state index contributed by atoms with van der Waals surface area (Å²) >= 11 is 0. The lowest BCUT2D eigenvalue weighted by Gasteiger charge is -2.08. The SMILES string of the molecule is OCc1ccccc1O[CH]c1ccccc1. The molecule has 0 fully saturated rings. The normalized spacial score (nSPS) is 10.1. The quantitative estimate of drug-likeness (QED) is 0.846. The van der Waals surface area contributed by atoms with Crippen LogP contribution in [-0.4, -0.2) is 5.11 Å². The number of hydrogen-bond acceptors (Lipinski definition) is 2. The van der Waals surface area contributed by atoms with Crippen molar-refractivity contribution in [2.75, 3.05) is 0 Å². The molecule has 2 rings (SSSR count). The summed E-state index contributed by atoms with van der Waals surface area (Å²) in [7, 11) is 0. The molecule has 0 amide bonds. The van der Waals surface area contributed by atoms with Crippen LogP contribution in [0.5, 0.6) is 5.75 Å². The molecule has 1 radical (unpaired) electrons. The zero-order valence-electron chi connectivity index (χ0n) is 8.84. The van der Waals surface area contributed by atoms with Crippen molar-refractivity contribution in [3.63, 3.8) is 0 Å². The first-order chi connectivity index (χ1) is 7.90. The van der Waals surface area contributed by atoms with Gasteiger partial charge in [-0.3, -0.25) is 0 Å². The van der Waals surface area contributed by atoms with Crippen LogP contribution < -0.4 is 4.74 Å². The maximum Gasteiger partial charge on any atom is 0.165 e. The predicted molar refractivity (Wildman–Crippen MR) is 62.8 cm³/mol. The Bertz CT molecular complexity index is 437. The van der Waals surface area contributed by atoms with Gasteiger partial charge in [-0.25, -0.2) is 0 Å². The van der Waals surface area contributed by atoms with E-state index in [1.807, 2.05) is 54.6 Å². The third kappa shape index (κ3) is 2.61. The summed E-state index contributed by atoms with van der Waals surface area (Å²) in [5.74, 6) is 0.689. The molecule has 0 aliphatic rings. The molecule has 0 bridgehead atoms. The summed E-state index contributed by atoms with van der Waals surface area (Å²) in [4.78, 5) is 0. The summed E-state index contributed by atoms with van der Waals surface area (Å²) in [5, 5.41) is 9.12. The zero-order valence-corrected chi connectivity index (χ0v) is 8.84. The molecule has 0 heterocycles. The minimum absolute atomic E-state index is 0.0151. The Labute approximate surface area is 95.1 Å². The molecule has 0 aliphatic carbocycles. The lowest BCUT2D eigenvalue weighted by molar-refractivity contribution is 0.274. The number of aliphatic hydroxyl groups excluding tert-OH is 1. The summed E-state index contributed by atoms with van der Waals surface area (Å²) in [6.07, 6.45) is 0. The number of aliphatic hydroxyl groups is 1. The van der Waals surface area contributed by atoms with Gasteiger partial charge >= 0.3 is 0 Å². The molecule has 2 aromatic carbocycles. The molecule has 1 N–H and O–H groups in total. The second-order valence-corrected chi connectivity index (χ2v) is 3.41. The zero-order chi connectivity index (χ0) is 11.2. The molecular formula is C14H13O2. The van der Waals surface area contributed by atoms with Gasteiger partial charge in [0.15, 0.2) is 6.61 Å². The van der Waals surface area contributed by atoms with E-state index in [9.17, 15) is 0 Å². The predicted octanol–water partition coefficient (Wildman–Crippen LogP) is 2.77. The molecule has 0 unspecified atom stereocenters. The highest BCUT2D eigenvalue weighted by molar-refractivity contribution is 5.34. The second-order valence-electron chi connectivity index (χ2n) is 3.41. The molecule has 2 nitrogen and oxygen atoms in total. The molecule has 81 valence electrons. The van der Waals surface area contributed by atoms with Crippen LogP contribution in [0, 0.1) is 6.61 Å². The first-order valence-corrected chi connectivity index (χ1v) is 5.14. The van der Waals surface area contributed by atoms with Crippen LogP contribution in [0.3, 0.4) is 0 Å². The van der Waals surface area contributed by atoms with Gasteiger partial charge in [0.1, 0.15) is 5.75 Å². The van der Waals surface area contributed by atoms with Gasteiger partial charge < -0.3 is 9.84 Å². The number of hydrogen-bond donors (Lipinski definition) is 1. The minimum Gasteiger partial charge on any atom is -0.481 e. The van der Waals surface area contributed by atoms with Crippen molar-refractivity contribution >= 4 is 0 Å². The van der Waals surface area contributed by atoms with E-state index in [0.717, 1.165) is 11.1 Å². The van der Waals surface area contributed by atoms with Gasteiger partial charge in [0.25, 0.3) is 0 Å². The van der Waals surface area contributed by atoms with Crippen molar-refractivity contribution < 1.29 is 9.84 Å². The molecule has 2 heteroatoms. The summed E-state index contributed by atoms with van der Waals surface area (Å²) in [6.45, 7) is 1.66. The first-order valence-electron chi connectivity index (χ1n) is 5.14. The van der Waals surface area contributed by atoms with Gasteiger partial charge in [-0.2, -0.15) is 0 Å².